The van der Waals surface area contributed by atoms with Crippen LogP contribution in [0, 0.1) is 11.7 Å². The van der Waals surface area contributed by atoms with Crippen LogP contribution >= 0.6 is 0 Å². The molecule has 33 heavy (non-hydrogen) atoms. The number of nitrogens with zero attached hydrogens (tertiary/aromatic N) is 3. The third-order valence-corrected chi connectivity index (χ3v) is 7.07. The van der Waals surface area contributed by atoms with Gasteiger partial charge in [0.25, 0.3) is 5.91 Å². The number of benzene rings is 2. The van der Waals surface area contributed by atoms with Gasteiger partial charge in [0, 0.05) is 12.1 Å². The lowest BCUT2D eigenvalue weighted by molar-refractivity contribution is -0.122. The molecule has 7 nitrogen and oxygen atoms in total. The van der Waals surface area contributed by atoms with Crippen molar-refractivity contribution < 1.29 is 18.7 Å². The van der Waals surface area contributed by atoms with Crippen molar-refractivity contribution in [1.29, 1.82) is 0 Å². The average Bonchev–Trinajstić information content (AvgIpc) is 2.80. The van der Waals surface area contributed by atoms with Crippen molar-refractivity contribution in [3.63, 3.8) is 0 Å². The zero-order chi connectivity index (χ0) is 23.3. The number of amides is 1. The number of hydrazone groups is 1. The number of hydrogen-bond acceptors (Lipinski definition) is 6. The average molecular weight is 453 g/mol. The van der Waals surface area contributed by atoms with Crippen LogP contribution in [-0.4, -0.2) is 56.5 Å². The van der Waals surface area contributed by atoms with Gasteiger partial charge in [-0.05, 0) is 68.1 Å². The lowest BCUT2D eigenvalue weighted by Crippen LogP contribution is -2.55. The third kappa shape index (κ3) is 3.62. The Morgan fingerprint density at radius 1 is 1.24 bits per heavy atom. The quantitative estimate of drug-likeness (QED) is 0.771. The molecule has 0 spiro atoms. The van der Waals surface area contributed by atoms with Crippen molar-refractivity contribution in [1.82, 2.24) is 10.3 Å². The second kappa shape index (κ2) is 8.33. The number of piperidine rings is 1. The highest BCUT2D eigenvalue weighted by molar-refractivity contribution is 6.09. The van der Waals surface area contributed by atoms with E-state index in [1.165, 1.54) is 7.11 Å². The number of likely N-dealkylation sites (tertiary alicyclic amines) is 1. The predicted molar refractivity (Wildman–Crippen MR) is 125 cm³/mol. The number of hydrogen-bond donors (Lipinski definition) is 1. The van der Waals surface area contributed by atoms with Crippen LogP contribution in [0.4, 0.5) is 10.1 Å². The largest absolute Gasteiger partial charge is 0.494 e. The van der Waals surface area contributed by atoms with Crippen LogP contribution in [-0.2, 0) is 4.79 Å². The SMILES string of the molecule is COc1cccc(-c2cc3c(cc2[C@@H]2CCN(C)C[C@@H]2C)N2C(=NNC(=O)[C@H]2C)CO3)c1F. The minimum Gasteiger partial charge on any atom is -0.494 e. The molecule has 1 N–H and O–H groups in total. The van der Waals surface area contributed by atoms with Gasteiger partial charge in [0.05, 0.1) is 12.8 Å². The van der Waals surface area contributed by atoms with Crippen molar-refractivity contribution in [2.75, 3.05) is 38.8 Å². The highest BCUT2D eigenvalue weighted by Gasteiger charge is 2.37. The number of carbonyl (C=O) groups excluding carboxylic acids is 1. The molecule has 2 aromatic rings. The van der Waals surface area contributed by atoms with Gasteiger partial charge >= 0.3 is 0 Å². The Balaban J connectivity index is 1.71. The van der Waals surface area contributed by atoms with Crippen molar-refractivity contribution in [2.24, 2.45) is 11.0 Å². The van der Waals surface area contributed by atoms with Gasteiger partial charge in [-0.15, -0.1) is 0 Å². The highest BCUT2D eigenvalue weighted by atomic mass is 19.1. The van der Waals surface area contributed by atoms with Crippen LogP contribution in [0.1, 0.15) is 31.7 Å². The van der Waals surface area contributed by atoms with Crippen LogP contribution in [0.2, 0.25) is 0 Å². The van der Waals surface area contributed by atoms with Crippen molar-refractivity contribution in [2.45, 2.75) is 32.2 Å². The lowest BCUT2D eigenvalue weighted by Gasteiger charge is -2.40. The Labute approximate surface area is 193 Å². The molecular formula is C25H29FN4O3. The van der Waals surface area contributed by atoms with E-state index in [0.717, 1.165) is 36.3 Å². The molecule has 1 fully saturated rings. The van der Waals surface area contributed by atoms with E-state index >= 15 is 4.39 Å². The number of fused-ring (bicyclic) bond motifs is 3. The first-order valence-corrected chi connectivity index (χ1v) is 11.4. The van der Waals surface area contributed by atoms with E-state index in [1.54, 1.807) is 18.2 Å². The maximum atomic E-state index is 15.4. The van der Waals surface area contributed by atoms with Crippen molar-refractivity contribution in [3.8, 4) is 22.6 Å². The summed E-state index contributed by atoms with van der Waals surface area (Å²) in [5.41, 5.74) is 5.73. The minimum atomic E-state index is -0.415. The summed E-state index contributed by atoms with van der Waals surface area (Å²) in [4.78, 5) is 16.6. The van der Waals surface area contributed by atoms with E-state index in [4.69, 9.17) is 9.47 Å². The van der Waals surface area contributed by atoms with E-state index in [9.17, 15) is 4.79 Å². The molecule has 174 valence electrons. The summed E-state index contributed by atoms with van der Waals surface area (Å²) in [6.07, 6.45) is 0.965. The van der Waals surface area contributed by atoms with E-state index in [0.29, 0.717) is 23.1 Å². The fourth-order valence-corrected chi connectivity index (χ4v) is 5.32. The number of anilines is 1. The standard InChI is InChI=1S/C25H29FN4O3/c1-14-12-29(3)9-8-16(14)18-10-20-22(33-13-23-27-28-25(31)15(2)30(20)23)11-19(18)17-6-5-7-21(32-4)24(17)26/h5-7,10-11,14-16H,8-9,12-13H2,1-4H3,(H,28,31)/t14-,15+,16+/m0/s1. The first-order valence-electron chi connectivity index (χ1n) is 11.4. The fourth-order valence-electron chi connectivity index (χ4n) is 5.32. The van der Waals surface area contributed by atoms with Crippen LogP contribution in [0.25, 0.3) is 11.1 Å². The second-order valence-corrected chi connectivity index (χ2v) is 9.20. The summed E-state index contributed by atoms with van der Waals surface area (Å²) in [6.45, 7) is 6.27. The van der Waals surface area contributed by atoms with Crippen LogP contribution < -0.4 is 19.8 Å². The van der Waals surface area contributed by atoms with Gasteiger partial charge in [-0.3, -0.25) is 4.79 Å². The monoisotopic (exact) mass is 452 g/mol. The number of carbonyl (C=O) groups is 1. The number of amidine groups is 1. The lowest BCUT2D eigenvalue weighted by atomic mass is 9.78. The predicted octanol–water partition coefficient (Wildman–Crippen LogP) is 3.59. The summed E-state index contributed by atoms with van der Waals surface area (Å²) in [5, 5.41) is 4.20. The summed E-state index contributed by atoms with van der Waals surface area (Å²) in [6, 6.07) is 8.81. The van der Waals surface area contributed by atoms with Crippen molar-refractivity contribution >= 4 is 17.4 Å². The molecule has 0 radical (unpaired) electrons. The molecule has 5 rings (SSSR count). The summed E-state index contributed by atoms with van der Waals surface area (Å²) < 4.78 is 26.7. The molecule has 0 aliphatic carbocycles. The number of rotatable bonds is 3. The molecule has 8 heteroatoms. The summed E-state index contributed by atoms with van der Waals surface area (Å²) in [5.74, 6) is 1.57. The fraction of sp³-hybridized carbons (Fsp3) is 0.440. The van der Waals surface area contributed by atoms with Gasteiger partial charge in [0.15, 0.2) is 17.4 Å². The topological polar surface area (TPSA) is 66.4 Å². The minimum absolute atomic E-state index is 0.163. The molecule has 0 aromatic heterocycles. The van der Waals surface area contributed by atoms with Gasteiger partial charge in [-0.2, -0.15) is 5.10 Å². The molecule has 2 aromatic carbocycles. The Morgan fingerprint density at radius 3 is 2.82 bits per heavy atom. The zero-order valence-corrected chi connectivity index (χ0v) is 19.4. The first-order chi connectivity index (χ1) is 15.9. The van der Waals surface area contributed by atoms with Crippen LogP contribution in [0.5, 0.6) is 11.5 Å². The highest BCUT2D eigenvalue weighted by Crippen LogP contribution is 2.46. The number of ether oxygens (including phenoxy) is 2. The molecular weight excluding hydrogens is 423 g/mol. The molecule has 0 saturated carbocycles. The molecule has 0 bridgehead atoms. The van der Waals surface area contributed by atoms with E-state index in [2.05, 4.69) is 35.5 Å². The molecule has 1 amide bonds. The Hall–Kier alpha value is -3.13. The van der Waals surface area contributed by atoms with Gasteiger partial charge in [0.1, 0.15) is 18.4 Å². The van der Waals surface area contributed by atoms with Gasteiger partial charge in [-0.25, -0.2) is 9.82 Å². The maximum absolute atomic E-state index is 15.4. The molecule has 3 aliphatic heterocycles. The van der Waals surface area contributed by atoms with Crippen LogP contribution in [0.15, 0.2) is 35.4 Å². The second-order valence-electron chi connectivity index (χ2n) is 9.20. The Kier molecular flexibility index (Phi) is 5.48. The van der Waals surface area contributed by atoms with E-state index in [1.807, 2.05) is 17.9 Å². The smallest absolute Gasteiger partial charge is 0.262 e. The number of halogens is 1. The summed E-state index contributed by atoms with van der Waals surface area (Å²) in [7, 11) is 3.61. The van der Waals surface area contributed by atoms with E-state index < -0.39 is 6.04 Å². The van der Waals surface area contributed by atoms with Gasteiger partial charge in [-0.1, -0.05) is 19.1 Å². The maximum Gasteiger partial charge on any atom is 0.262 e. The Morgan fingerprint density at radius 2 is 2.06 bits per heavy atom. The third-order valence-electron chi connectivity index (χ3n) is 7.07. The normalized spacial score (nSPS) is 24.9. The molecule has 3 aliphatic rings. The zero-order valence-electron chi connectivity index (χ0n) is 19.4. The number of methoxy groups -OCH3 is 1. The molecule has 0 unspecified atom stereocenters. The Bertz CT molecular complexity index is 1130. The summed E-state index contributed by atoms with van der Waals surface area (Å²) >= 11 is 0. The van der Waals surface area contributed by atoms with Gasteiger partial charge in [0.2, 0.25) is 0 Å². The first kappa shape index (κ1) is 21.7. The van der Waals surface area contributed by atoms with Crippen LogP contribution in [0.3, 0.4) is 0 Å². The van der Waals surface area contributed by atoms with Crippen molar-refractivity contribution in [3.05, 3.63) is 41.7 Å². The van der Waals surface area contributed by atoms with E-state index in [-0.39, 0.29) is 30.0 Å². The van der Waals surface area contributed by atoms with Gasteiger partial charge < -0.3 is 19.3 Å². The number of nitrogens with one attached hydrogen (secondary N) is 1. The molecule has 3 heterocycles. The molecule has 3 atom stereocenters. The molecule has 1 saturated heterocycles.